The summed E-state index contributed by atoms with van der Waals surface area (Å²) in [4.78, 5) is 39.0. The van der Waals surface area contributed by atoms with Gasteiger partial charge in [-0.25, -0.2) is 4.90 Å². The Bertz CT molecular complexity index is 1070. The van der Waals surface area contributed by atoms with Crippen molar-refractivity contribution in [1.29, 1.82) is 0 Å². The fourth-order valence-corrected chi connectivity index (χ4v) is 3.11. The minimum Gasteiger partial charge on any atom is -0.322 e. The van der Waals surface area contributed by atoms with Crippen LogP contribution in [0, 0.1) is 6.92 Å². The van der Waals surface area contributed by atoms with Crippen LogP contribution in [0.1, 0.15) is 36.6 Å². The molecule has 1 N–H and O–H groups in total. The van der Waals surface area contributed by atoms with Gasteiger partial charge in [0.15, 0.2) is 0 Å². The Balaban J connectivity index is 1.64. The molecule has 4 rings (SSSR count). The van der Waals surface area contributed by atoms with Gasteiger partial charge in [0.25, 0.3) is 17.7 Å². The summed E-state index contributed by atoms with van der Waals surface area (Å²) >= 11 is 0. The summed E-state index contributed by atoms with van der Waals surface area (Å²) in [6, 6.07) is 20.8. The van der Waals surface area contributed by atoms with Crippen LogP contribution in [0.3, 0.4) is 0 Å². The summed E-state index contributed by atoms with van der Waals surface area (Å²) in [5.41, 5.74) is 3.10. The number of anilines is 2. The molecule has 0 aromatic heterocycles. The van der Waals surface area contributed by atoms with Crippen LogP contribution in [-0.4, -0.2) is 17.7 Å². The Kier molecular flexibility index (Phi) is 4.05. The van der Waals surface area contributed by atoms with E-state index >= 15 is 0 Å². The van der Waals surface area contributed by atoms with Gasteiger partial charge in [-0.3, -0.25) is 14.4 Å². The monoisotopic (exact) mass is 356 g/mol. The van der Waals surface area contributed by atoms with Gasteiger partial charge < -0.3 is 5.32 Å². The number of imide groups is 1. The molecule has 1 aliphatic rings. The van der Waals surface area contributed by atoms with Crippen molar-refractivity contribution in [2.75, 3.05) is 10.2 Å². The molecule has 0 fully saturated rings. The van der Waals surface area contributed by atoms with Gasteiger partial charge in [0.2, 0.25) is 0 Å². The smallest absolute Gasteiger partial charge is 0.266 e. The van der Waals surface area contributed by atoms with E-state index in [9.17, 15) is 14.4 Å². The lowest BCUT2D eigenvalue weighted by atomic mass is 10.1. The molecule has 3 aromatic rings. The first kappa shape index (κ1) is 16.7. The van der Waals surface area contributed by atoms with Crippen molar-refractivity contribution in [2.45, 2.75) is 6.92 Å². The lowest BCUT2D eigenvalue weighted by Crippen LogP contribution is -2.29. The normalized spacial score (nSPS) is 12.9. The predicted octanol–water partition coefficient (Wildman–Crippen LogP) is 4.05. The second-order valence-electron chi connectivity index (χ2n) is 6.37. The van der Waals surface area contributed by atoms with Gasteiger partial charge in [0.1, 0.15) is 0 Å². The summed E-state index contributed by atoms with van der Waals surface area (Å²) < 4.78 is 0. The Labute approximate surface area is 156 Å². The SMILES string of the molecule is Cc1cccc(N2C(=O)c3ccc(NC(=O)c4ccccc4)cc3C2=O)c1. The van der Waals surface area contributed by atoms with E-state index in [1.807, 2.05) is 19.1 Å². The molecule has 0 saturated heterocycles. The summed E-state index contributed by atoms with van der Waals surface area (Å²) in [7, 11) is 0. The highest BCUT2D eigenvalue weighted by Crippen LogP contribution is 2.30. The largest absolute Gasteiger partial charge is 0.322 e. The number of carbonyl (C=O) groups is 3. The van der Waals surface area contributed by atoms with E-state index in [4.69, 9.17) is 0 Å². The van der Waals surface area contributed by atoms with E-state index in [0.717, 1.165) is 5.56 Å². The molecule has 1 aliphatic heterocycles. The first-order valence-corrected chi connectivity index (χ1v) is 8.50. The zero-order valence-electron chi connectivity index (χ0n) is 14.6. The van der Waals surface area contributed by atoms with Gasteiger partial charge in [-0.15, -0.1) is 0 Å². The van der Waals surface area contributed by atoms with Gasteiger partial charge in [0, 0.05) is 11.3 Å². The molecule has 132 valence electrons. The van der Waals surface area contributed by atoms with Crippen LogP contribution in [0.4, 0.5) is 11.4 Å². The van der Waals surface area contributed by atoms with Gasteiger partial charge in [-0.1, -0.05) is 30.3 Å². The average Bonchev–Trinajstić information content (AvgIpc) is 2.92. The molecule has 0 bridgehead atoms. The number of hydrogen-bond acceptors (Lipinski definition) is 3. The third-order valence-corrected chi connectivity index (χ3v) is 4.44. The van der Waals surface area contributed by atoms with Crippen molar-refractivity contribution < 1.29 is 14.4 Å². The Hall–Kier alpha value is -3.73. The standard InChI is InChI=1S/C22H16N2O3/c1-14-6-5-9-17(12-14)24-21(26)18-11-10-16(13-19(18)22(24)27)23-20(25)15-7-3-2-4-8-15/h2-13H,1H3,(H,23,25). The van der Waals surface area contributed by atoms with Gasteiger partial charge in [-0.2, -0.15) is 0 Å². The molecule has 0 aliphatic carbocycles. The van der Waals surface area contributed by atoms with Crippen LogP contribution in [0.15, 0.2) is 72.8 Å². The highest BCUT2D eigenvalue weighted by molar-refractivity contribution is 6.34. The highest BCUT2D eigenvalue weighted by Gasteiger charge is 2.36. The Morgan fingerprint density at radius 1 is 0.815 bits per heavy atom. The first-order chi connectivity index (χ1) is 13.0. The van der Waals surface area contributed by atoms with Crippen molar-refractivity contribution in [3.05, 3.63) is 95.1 Å². The number of amides is 3. The fraction of sp³-hybridized carbons (Fsp3) is 0.0455. The van der Waals surface area contributed by atoms with Crippen molar-refractivity contribution >= 4 is 29.1 Å². The maximum Gasteiger partial charge on any atom is 0.266 e. The minimum atomic E-state index is -0.392. The molecule has 3 aromatic carbocycles. The quantitative estimate of drug-likeness (QED) is 0.720. The maximum atomic E-state index is 12.8. The van der Waals surface area contributed by atoms with E-state index in [-0.39, 0.29) is 17.4 Å². The molecule has 1 heterocycles. The number of aryl methyl sites for hydroxylation is 1. The molecule has 0 atom stereocenters. The fourth-order valence-electron chi connectivity index (χ4n) is 3.11. The van der Waals surface area contributed by atoms with Crippen molar-refractivity contribution in [3.8, 4) is 0 Å². The van der Waals surface area contributed by atoms with E-state index in [2.05, 4.69) is 5.32 Å². The highest BCUT2D eigenvalue weighted by atomic mass is 16.2. The second kappa shape index (κ2) is 6.53. The zero-order valence-corrected chi connectivity index (χ0v) is 14.6. The van der Waals surface area contributed by atoms with Crippen molar-refractivity contribution in [1.82, 2.24) is 0 Å². The van der Waals surface area contributed by atoms with Crippen LogP contribution < -0.4 is 10.2 Å². The van der Waals surface area contributed by atoms with E-state index < -0.39 is 5.91 Å². The molecular weight excluding hydrogens is 340 g/mol. The second-order valence-corrected chi connectivity index (χ2v) is 6.37. The third kappa shape index (κ3) is 3.00. The van der Waals surface area contributed by atoms with Gasteiger partial charge in [0.05, 0.1) is 16.8 Å². The van der Waals surface area contributed by atoms with E-state index in [0.29, 0.717) is 22.5 Å². The third-order valence-electron chi connectivity index (χ3n) is 4.44. The number of hydrogen-bond donors (Lipinski definition) is 1. The number of rotatable bonds is 3. The number of benzene rings is 3. The summed E-state index contributed by atoms with van der Waals surface area (Å²) in [5, 5.41) is 2.77. The molecule has 3 amide bonds. The van der Waals surface area contributed by atoms with Crippen LogP contribution in [0.5, 0.6) is 0 Å². The van der Waals surface area contributed by atoms with E-state index in [1.165, 1.54) is 4.90 Å². The minimum absolute atomic E-state index is 0.275. The molecular formula is C22H16N2O3. The lowest BCUT2D eigenvalue weighted by Gasteiger charge is -2.14. The average molecular weight is 356 g/mol. The number of nitrogens with zero attached hydrogens (tertiary/aromatic N) is 1. The molecule has 0 spiro atoms. The van der Waals surface area contributed by atoms with Crippen LogP contribution >= 0.6 is 0 Å². The number of fused-ring (bicyclic) bond motifs is 1. The molecule has 5 nitrogen and oxygen atoms in total. The Morgan fingerprint density at radius 3 is 2.30 bits per heavy atom. The molecule has 0 unspecified atom stereocenters. The van der Waals surface area contributed by atoms with Crippen molar-refractivity contribution in [3.63, 3.8) is 0 Å². The maximum absolute atomic E-state index is 12.8. The molecule has 5 heteroatoms. The number of nitrogens with one attached hydrogen (secondary N) is 1. The topological polar surface area (TPSA) is 66.5 Å². The number of carbonyl (C=O) groups excluding carboxylic acids is 3. The summed E-state index contributed by atoms with van der Waals surface area (Å²) in [6.45, 7) is 1.90. The molecule has 0 radical (unpaired) electrons. The van der Waals surface area contributed by atoms with Crippen LogP contribution in [0.25, 0.3) is 0 Å². The van der Waals surface area contributed by atoms with Crippen molar-refractivity contribution in [2.24, 2.45) is 0 Å². The lowest BCUT2D eigenvalue weighted by molar-refractivity contribution is 0.0924. The van der Waals surface area contributed by atoms with E-state index in [1.54, 1.807) is 60.7 Å². The van der Waals surface area contributed by atoms with Crippen LogP contribution in [-0.2, 0) is 0 Å². The molecule has 0 saturated carbocycles. The van der Waals surface area contributed by atoms with Gasteiger partial charge >= 0.3 is 0 Å². The summed E-state index contributed by atoms with van der Waals surface area (Å²) in [5.74, 6) is -1.03. The first-order valence-electron chi connectivity index (χ1n) is 8.50. The Morgan fingerprint density at radius 2 is 1.56 bits per heavy atom. The predicted molar refractivity (Wildman–Crippen MR) is 103 cm³/mol. The summed E-state index contributed by atoms with van der Waals surface area (Å²) in [6.07, 6.45) is 0. The zero-order chi connectivity index (χ0) is 19.0. The van der Waals surface area contributed by atoms with Crippen LogP contribution in [0.2, 0.25) is 0 Å². The molecule has 27 heavy (non-hydrogen) atoms. The van der Waals surface area contributed by atoms with Gasteiger partial charge in [-0.05, 0) is 55.0 Å².